The molecule has 1 amide bonds. The van der Waals surface area contributed by atoms with Gasteiger partial charge in [0.1, 0.15) is 11.6 Å². The van der Waals surface area contributed by atoms with Crippen LogP contribution in [0.25, 0.3) is 11.4 Å². The van der Waals surface area contributed by atoms with Gasteiger partial charge in [-0.15, -0.1) is 0 Å². The Bertz CT molecular complexity index is 1020. The topological polar surface area (TPSA) is 68.5 Å². The molecule has 7 heteroatoms. The van der Waals surface area contributed by atoms with E-state index in [2.05, 4.69) is 10.1 Å². The van der Waals surface area contributed by atoms with Crippen molar-refractivity contribution in [2.75, 3.05) is 19.7 Å². The zero-order valence-electron chi connectivity index (χ0n) is 16.9. The van der Waals surface area contributed by atoms with Crippen LogP contribution in [0.2, 0.25) is 0 Å². The number of hydrogen-bond donors (Lipinski definition) is 0. The van der Waals surface area contributed by atoms with Crippen LogP contribution in [0.4, 0.5) is 4.39 Å². The average molecular weight is 409 g/mol. The normalized spacial score (nSPS) is 16.5. The summed E-state index contributed by atoms with van der Waals surface area (Å²) in [6, 6.07) is 14.0. The van der Waals surface area contributed by atoms with E-state index in [0.717, 1.165) is 30.7 Å². The number of nitrogens with zero attached hydrogens (tertiary/aromatic N) is 3. The first-order valence-electron chi connectivity index (χ1n) is 10.1. The van der Waals surface area contributed by atoms with Gasteiger partial charge in [-0.25, -0.2) is 4.39 Å². The maximum Gasteiger partial charge on any atom is 0.260 e. The summed E-state index contributed by atoms with van der Waals surface area (Å²) in [5.41, 5.74) is 1.32. The highest BCUT2D eigenvalue weighted by Gasteiger charge is 2.26. The Morgan fingerprint density at radius 1 is 1.23 bits per heavy atom. The van der Waals surface area contributed by atoms with Crippen LogP contribution in [0.5, 0.6) is 5.75 Å². The minimum absolute atomic E-state index is 0.0234. The van der Waals surface area contributed by atoms with Crippen LogP contribution in [-0.2, 0) is 11.2 Å². The fourth-order valence-electron chi connectivity index (χ4n) is 3.74. The van der Waals surface area contributed by atoms with E-state index in [-0.39, 0.29) is 30.1 Å². The van der Waals surface area contributed by atoms with Crippen molar-refractivity contribution >= 4 is 5.91 Å². The third-order valence-corrected chi connectivity index (χ3v) is 5.36. The molecule has 0 aliphatic carbocycles. The second kappa shape index (κ2) is 9.07. The maximum atomic E-state index is 13.9. The Balaban J connectivity index is 1.33. The number of likely N-dealkylation sites (tertiary alicyclic amines) is 1. The molecule has 1 aliphatic rings. The molecule has 6 nitrogen and oxygen atoms in total. The van der Waals surface area contributed by atoms with E-state index < -0.39 is 0 Å². The molecular formula is C23H24FN3O3. The Labute approximate surface area is 174 Å². The largest absolute Gasteiger partial charge is 0.484 e. The summed E-state index contributed by atoms with van der Waals surface area (Å²) in [5, 5.41) is 3.91. The number of ether oxygens (including phenoxy) is 1. The monoisotopic (exact) mass is 409 g/mol. The van der Waals surface area contributed by atoms with Crippen molar-refractivity contribution in [2.45, 2.75) is 26.2 Å². The fourth-order valence-corrected chi connectivity index (χ4v) is 3.74. The third-order valence-electron chi connectivity index (χ3n) is 5.36. The fraction of sp³-hybridized carbons (Fsp3) is 0.348. The van der Waals surface area contributed by atoms with E-state index in [9.17, 15) is 9.18 Å². The molecule has 1 atom stereocenters. The van der Waals surface area contributed by atoms with Crippen molar-refractivity contribution in [3.8, 4) is 17.1 Å². The SMILES string of the molecule is Cc1ccccc1OCC(=O)N1CCCC(Cc2nc(-c3ccccc3F)no2)C1. The quantitative estimate of drug-likeness (QED) is 0.615. The van der Waals surface area contributed by atoms with Crippen molar-refractivity contribution in [1.82, 2.24) is 15.0 Å². The Hall–Kier alpha value is -3.22. The highest BCUT2D eigenvalue weighted by molar-refractivity contribution is 5.78. The first kappa shape index (κ1) is 20.1. The summed E-state index contributed by atoms with van der Waals surface area (Å²) in [4.78, 5) is 18.8. The molecular weight excluding hydrogens is 385 g/mol. The second-order valence-corrected chi connectivity index (χ2v) is 7.60. The summed E-state index contributed by atoms with van der Waals surface area (Å²) in [5.74, 6) is 1.25. The van der Waals surface area contributed by atoms with Crippen molar-refractivity contribution in [1.29, 1.82) is 0 Å². The molecule has 1 fully saturated rings. The summed E-state index contributed by atoms with van der Waals surface area (Å²) in [6.45, 7) is 3.32. The first-order valence-corrected chi connectivity index (χ1v) is 10.1. The predicted octanol–water partition coefficient (Wildman–Crippen LogP) is 4.04. The van der Waals surface area contributed by atoms with Gasteiger partial charge in [0.05, 0.1) is 5.56 Å². The number of aromatic nitrogens is 2. The minimum atomic E-state index is -0.382. The van der Waals surface area contributed by atoms with Crippen LogP contribution in [0, 0.1) is 18.7 Å². The van der Waals surface area contributed by atoms with E-state index in [1.165, 1.54) is 6.07 Å². The minimum Gasteiger partial charge on any atom is -0.484 e. The number of aryl methyl sites for hydroxylation is 1. The summed E-state index contributed by atoms with van der Waals surface area (Å²) >= 11 is 0. The average Bonchev–Trinajstić information content (AvgIpc) is 3.21. The van der Waals surface area contributed by atoms with Gasteiger partial charge in [-0.3, -0.25) is 4.79 Å². The standard InChI is InChI=1S/C23H24FN3O3/c1-16-7-2-5-11-20(16)29-15-22(28)27-12-6-8-17(14-27)13-21-25-23(26-30-21)18-9-3-4-10-19(18)24/h2-5,7,9-11,17H,6,8,12-15H2,1H3. The van der Waals surface area contributed by atoms with Gasteiger partial charge in [-0.2, -0.15) is 4.98 Å². The highest BCUT2D eigenvalue weighted by atomic mass is 19.1. The lowest BCUT2D eigenvalue weighted by Crippen LogP contribution is -2.42. The first-order chi connectivity index (χ1) is 14.6. The summed E-state index contributed by atoms with van der Waals surface area (Å²) in [7, 11) is 0. The number of hydrogen-bond acceptors (Lipinski definition) is 5. The van der Waals surface area contributed by atoms with Gasteiger partial charge >= 0.3 is 0 Å². The van der Waals surface area contributed by atoms with E-state index >= 15 is 0 Å². The molecule has 0 saturated carbocycles. The van der Waals surface area contributed by atoms with E-state index in [4.69, 9.17) is 9.26 Å². The Morgan fingerprint density at radius 2 is 2.03 bits per heavy atom. The number of benzene rings is 2. The van der Waals surface area contributed by atoms with Gasteiger partial charge in [0, 0.05) is 19.5 Å². The molecule has 1 aliphatic heterocycles. The summed E-state index contributed by atoms with van der Waals surface area (Å²) < 4.78 is 25.0. The van der Waals surface area contributed by atoms with Crippen molar-refractivity contribution in [2.24, 2.45) is 5.92 Å². The predicted molar refractivity (Wildman–Crippen MR) is 109 cm³/mol. The lowest BCUT2D eigenvalue weighted by atomic mass is 9.94. The number of carbonyl (C=O) groups is 1. The van der Waals surface area contributed by atoms with Gasteiger partial charge < -0.3 is 14.2 Å². The maximum absolute atomic E-state index is 13.9. The number of piperidine rings is 1. The van der Waals surface area contributed by atoms with E-state index in [0.29, 0.717) is 24.4 Å². The molecule has 1 unspecified atom stereocenters. The van der Waals surface area contributed by atoms with Crippen molar-refractivity contribution in [3.63, 3.8) is 0 Å². The van der Waals surface area contributed by atoms with E-state index in [1.807, 2.05) is 36.1 Å². The molecule has 30 heavy (non-hydrogen) atoms. The number of amides is 1. The summed E-state index contributed by atoms with van der Waals surface area (Å²) in [6.07, 6.45) is 2.44. The van der Waals surface area contributed by atoms with Gasteiger partial charge in [0.2, 0.25) is 11.7 Å². The zero-order chi connectivity index (χ0) is 20.9. The van der Waals surface area contributed by atoms with Gasteiger partial charge in [-0.05, 0) is 49.4 Å². The number of para-hydroxylation sites is 1. The van der Waals surface area contributed by atoms with Crippen LogP contribution in [-0.4, -0.2) is 40.6 Å². The molecule has 1 saturated heterocycles. The molecule has 0 spiro atoms. The lowest BCUT2D eigenvalue weighted by molar-refractivity contribution is -0.135. The van der Waals surface area contributed by atoms with Gasteiger partial charge in [0.25, 0.3) is 5.91 Å². The number of carbonyl (C=O) groups excluding carboxylic acids is 1. The smallest absolute Gasteiger partial charge is 0.260 e. The molecule has 1 aromatic heterocycles. The zero-order valence-corrected chi connectivity index (χ0v) is 16.9. The van der Waals surface area contributed by atoms with Crippen LogP contribution in [0.1, 0.15) is 24.3 Å². The second-order valence-electron chi connectivity index (χ2n) is 7.60. The van der Waals surface area contributed by atoms with Crippen molar-refractivity contribution < 1.29 is 18.4 Å². The van der Waals surface area contributed by atoms with Crippen LogP contribution >= 0.6 is 0 Å². The Kier molecular flexibility index (Phi) is 6.07. The van der Waals surface area contributed by atoms with E-state index in [1.54, 1.807) is 18.2 Å². The number of halogens is 1. The van der Waals surface area contributed by atoms with Crippen LogP contribution in [0.15, 0.2) is 53.1 Å². The van der Waals surface area contributed by atoms with Gasteiger partial charge in [-0.1, -0.05) is 35.5 Å². The molecule has 156 valence electrons. The number of rotatable bonds is 6. The highest BCUT2D eigenvalue weighted by Crippen LogP contribution is 2.24. The third kappa shape index (κ3) is 4.67. The molecule has 0 bridgehead atoms. The van der Waals surface area contributed by atoms with Crippen LogP contribution in [0.3, 0.4) is 0 Å². The van der Waals surface area contributed by atoms with Gasteiger partial charge in [0.15, 0.2) is 6.61 Å². The lowest BCUT2D eigenvalue weighted by Gasteiger charge is -2.32. The molecule has 4 rings (SSSR count). The molecule has 3 aromatic rings. The molecule has 0 radical (unpaired) electrons. The molecule has 0 N–H and O–H groups in total. The molecule has 2 aromatic carbocycles. The molecule has 2 heterocycles. The Morgan fingerprint density at radius 3 is 2.87 bits per heavy atom. The van der Waals surface area contributed by atoms with Crippen molar-refractivity contribution in [3.05, 3.63) is 65.8 Å². The van der Waals surface area contributed by atoms with Crippen LogP contribution < -0.4 is 4.74 Å².